The Balaban J connectivity index is 3.08. The second kappa shape index (κ2) is 11.5. The maximum atomic E-state index is 8.71. The zero-order valence-corrected chi connectivity index (χ0v) is 10.4. The Morgan fingerprint density at radius 1 is 1.00 bits per heavy atom. The fraction of sp³-hybridized carbons (Fsp3) is 0.923. The van der Waals surface area contributed by atoms with Crippen molar-refractivity contribution in [3.05, 3.63) is 0 Å². The molecule has 0 saturated heterocycles. The van der Waals surface area contributed by atoms with Crippen LogP contribution in [-0.4, -0.2) is 13.1 Å². The molecular formula is C13H26N2. The fourth-order valence-electron chi connectivity index (χ4n) is 1.76. The lowest BCUT2D eigenvalue weighted by atomic mass is 10.1. The van der Waals surface area contributed by atoms with Crippen LogP contribution in [0.1, 0.15) is 64.7 Å². The van der Waals surface area contributed by atoms with Gasteiger partial charge in [0, 0.05) is 0 Å². The van der Waals surface area contributed by atoms with Crippen LogP contribution in [0.15, 0.2) is 0 Å². The van der Waals surface area contributed by atoms with E-state index in [1.54, 1.807) is 0 Å². The van der Waals surface area contributed by atoms with Gasteiger partial charge in [-0.15, -0.1) is 0 Å². The van der Waals surface area contributed by atoms with Gasteiger partial charge in [-0.2, -0.15) is 5.26 Å². The number of nitrogens with one attached hydrogen (secondary N) is 1. The third kappa shape index (κ3) is 9.75. The van der Waals surface area contributed by atoms with Crippen molar-refractivity contribution in [3.63, 3.8) is 0 Å². The normalized spacial score (nSPS) is 12.3. The average Bonchev–Trinajstić information content (AvgIpc) is 2.27. The summed E-state index contributed by atoms with van der Waals surface area (Å²) >= 11 is 0. The molecule has 0 bridgehead atoms. The molecule has 0 saturated carbocycles. The number of unbranched alkanes of at least 4 members (excludes halogenated alkanes) is 7. The predicted octanol–water partition coefficient (Wildman–Crippen LogP) is 3.63. The van der Waals surface area contributed by atoms with Gasteiger partial charge >= 0.3 is 0 Å². The van der Waals surface area contributed by atoms with Crippen LogP contribution < -0.4 is 5.32 Å². The zero-order chi connectivity index (χ0) is 11.4. The molecule has 0 rings (SSSR count). The van der Waals surface area contributed by atoms with Crippen molar-refractivity contribution in [2.24, 2.45) is 0 Å². The number of nitrogens with zero attached hydrogens (tertiary/aromatic N) is 1. The van der Waals surface area contributed by atoms with E-state index in [1.165, 1.54) is 51.4 Å². The quantitative estimate of drug-likeness (QED) is 0.559. The Morgan fingerprint density at radius 2 is 1.53 bits per heavy atom. The maximum absolute atomic E-state index is 8.71. The molecular weight excluding hydrogens is 184 g/mol. The minimum Gasteiger partial charge on any atom is -0.305 e. The molecule has 2 nitrogen and oxygen atoms in total. The van der Waals surface area contributed by atoms with Crippen LogP contribution in [0.25, 0.3) is 0 Å². The molecule has 15 heavy (non-hydrogen) atoms. The first-order valence-corrected chi connectivity index (χ1v) is 6.42. The molecule has 0 heterocycles. The van der Waals surface area contributed by atoms with Gasteiger partial charge < -0.3 is 5.32 Å². The van der Waals surface area contributed by atoms with Gasteiger partial charge in [-0.05, 0) is 13.5 Å². The molecule has 0 aromatic carbocycles. The van der Waals surface area contributed by atoms with E-state index in [2.05, 4.69) is 18.3 Å². The lowest BCUT2D eigenvalue weighted by molar-refractivity contribution is 0.532. The number of hydrogen-bond donors (Lipinski definition) is 1. The van der Waals surface area contributed by atoms with Crippen LogP contribution >= 0.6 is 0 Å². The molecule has 0 aromatic rings. The van der Waals surface area contributed by atoms with Gasteiger partial charge in [0.1, 0.15) is 0 Å². The molecule has 0 aliphatic rings. The first kappa shape index (κ1) is 14.5. The highest BCUT2D eigenvalue weighted by Gasteiger charge is 2.01. The van der Waals surface area contributed by atoms with E-state index in [1.807, 2.05) is 7.05 Å². The molecule has 0 aromatic heterocycles. The SMILES string of the molecule is CCCCCCCCCCC(C#N)NC. The molecule has 1 atom stereocenters. The topological polar surface area (TPSA) is 35.8 Å². The van der Waals surface area contributed by atoms with Crippen LogP contribution in [0.5, 0.6) is 0 Å². The Bertz CT molecular complexity index is 160. The van der Waals surface area contributed by atoms with Crippen molar-refractivity contribution in [2.75, 3.05) is 7.05 Å². The molecule has 0 fully saturated rings. The fourth-order valence-corrected chi connectivity index (χ4v) is 1.76. The van der Waals surface area contributed by atoms with E-state index < -0.39 is 0 Å². The van der Waals surface area contributed by atoms with Crippen LogP contribution in [-0.2, 0) is 0 Å². The van der Waals surface area contributed by atoms with Crippen LogP contribution in [0.2, 0.25) is 0 Å². The van der Waals surface area contributed by atoms with Gasteiger partial charge in [0.25, 0.3) is 0 Å². The summed E-state index contributed by atoms with van der Waals surface area (Å²) in [7, 11) is 1.86. The van der Waals surface area contributed by atoms with Crippen LogP contribution in [0, 0.1) is 11.3 Å². The van der Waals surface area contributed by atoms with E-state index in [4.69, 9.17) is 5.26 Å². The Hall–Kier alpha value is -0.550. The number of rotatable bonds is 10. The van der Waals surface area contributed by atoms with Crippen LogP contribution in [0.3, 0.4) is 0 Å². The van der Waals surface area contributed by atoms with E-state index in [0.717, 1.165) is 6.42 Å². The van der Waals surface area contributed by atoms with Gasteiger partial charge in [0.15, 0.2) is 0 Å². The summed E-state index contributed by atoms with van der Waals surface area (Å²) in [5, 5.41) is 11.7. The monoisotopic (exact) mass is 210 g/mol. The van der Waals surface area contributed by atoms with Crippen molar-refractivity contribution in [3.8, 4) is 6.07 Å². The second-order valence-electron chi connectivity index (χ2n) is 4.23. The summed E-state index contributed by atoms with van der Waals surface area (Å²) in [4.78, 5) is 0. The molecule has 0 aliphatic heterocycles. The minimum atomic E-state index is 0.0603. The number of hydrogen-bond acceptors (Lipinski definition) is 2. The molecule has 0 aliphatic carbocycles. The first-order valence-electron chi connectivity index (χ1n) is 6.42. The van der Waals surface area contributed by atoms with Gasteiger partial charge in [-0.25, -0.2) is 0 Å². The van der Waals surface area contributed by atoms with Crippen molar-refractivity contribution in [1.29, 1.82) is 5.26 Å². The number of nitriles is 1. The molecule has 88 valence electrons. The van der Waals surface area contributed by atoms with Crippen LogP contribution in [0.4, 0.5) is 0 Å². The summed E-state index contributed by atoms with van der Waals surface area (Å²) < 4.78 is 0. The average molecular weight is 210 g/mol. The lowest BCUT2D eigenvalue weighted by Crippen LogP contribution is -2.22. The lowest BCUT2D eigenvalue weighted by Gasteiger charge is -2.06. The smallest absolute Gasteiger partial charge is 0.0950 e. The van der Waals surface area contributed by atoms with Crippen molar-refractivity contribution >= 4 is 0 Å². The largest absolute Gasteiger partial charge is 0.305 e. The summed E-state index contributed by atoms with van der Waals surface area (Å²) in [6.07, 6.45) is 11.7. The Labute approximate surface area is 95.1 Å². The third-order valence-corrected chi connectivity index (χ3v) is 2.85. The second-order valence-corrected chi connectivity index (χ2v) is 4.23. The summed E-state index contributed by atoms with van der Waals surface area (Å²) in [5.41, 5.74) is 0. The molecule has 2 heteroatoms. The van der Waals surface area contributed by atoms with Gasteiger partial charge in [-0.3, -0.25) is 0 Å². The van der Waals surface area contributed by atoms with Gasteiger partial charge in [0.05, 0.1) is 12.1 Å². The highest BCUT2D eigenvalue weighted by atomic mass is 14.9. The molecule has 1 unspecified atom stereocenters. The Kier molecular flexibility index (Phi) is 11.1. The van der Waals surface area contributed by atoms with Gasteiger partial charge in [-0.1, -0.05) is 58.3 Å². The van der Waals surface area contributed by atoms with Gasteiger partial charge in [0.2, 0.25) is 0 Å². The molecule has 0 amide bonds. The molecule has 0 radical (unpaired) electrons. The summed E-state index contributed by atoms with van der Waals surface area (Å²) in [6, 6.07) is 2.32. The summed E-state index contributed by atoms with van der Waals surface area (Å²) in [6.45, 7) is 2.25. The predicted molar refractivity (Wildman–Crippen MR) is 65.7 cm³/mol. The highest BCUT2D eigenvalue weighted by molar-refractivity contribution is 4.87. The minimum absolute atomic E-state index is 0.0603. The van der Waals surface area contributed by atoms with Crippen molar-refractivity contribution in [1.82, 2.24) is 5.32 Å². The molecule has 0 spiro atoms. The third-order valence-electron chi connectivity index (χ3n) is 2.85. The zero-order valence-electron chi connectivity index (χ0n) is 10.4. The van der Waals surface area contributed by atoms with E-state index in [0.29, 0.717) is 0 Å². The maximum Gasteiger partial charge on any atom is 0.0950 e. The summed E-state index contributed by atoms with van der Waals surface area (Å²) in [5.74, 6) is 0. The highest BCUT2D eigenvalue weighted by Crippen LogP contribution is 2.10. The van der Waals surface area contributed by atoms with E-state index in [-0.39, 0.29) is 6.04 Å². The van der Waals surface area contributed by atoms with E-state index in [9.17, 15) is 0 Å². The van der Waals surface area contributed by atoms with Crippen molar-refractivity contribution < 1.29 is 0 Å². The van der Waals surface area contributed by atoms with Crippen molar-refractivity contribution in [2.45, 2.75) is 70.8 Å². The molecule has 1 N–H and O–H groups in total. The standard InChI is InChI=1S/C13H26N2/c1-3-4-5-6-7-8-9-10-11-13(12-14)15-2/h13,15H,3-11H2,1-2H3. The van der Waals surface area contributed by atoms with E-state index >= 15 is 0 Å². The first-order chi connectivity index (χ1) is 7.35. The Morgan fingerprint density at radius 3 is 2.00 bits per heavy atom.